The summed E-state index contributed by atoms with van der Waals surface area (Å²) in [5, 5.41) is 8.86. The molecule has 0 unspecified atom stereocenters. The first kappa shape index (κ1) is 20.1. The summed E-state index contributed by atoms with van der Waals surface area (Å²) in [6, 6.07) is 20.0. The Morgan fingerprint density at radius 3 is 1.21 bits per heavy atom. The molecule has 0 atom stereocenters. The van der Waals surface area contributed by atoms with Gasteiger partial charge in [0.05, 0.1) is 0 Å². The fraction of sp³-hybridized carbons (Fsp3) is 0.143. The van der Waals surface area contributed by atoms with Gasteiger partial charge in [0.1, 0.15) is 0 Å². The van der Waals surface area contributed by atoms with E-state index in [1.54, 1.807) is 0 Å². The third kappa shape index (κ3) is 7.72. The number of para-hydroxylation sites is 2. The van der Waals surface area contributed by atoms with Crippen molar-refractivity contribution in [1.82, 2.24) is 0 Å². The first-order chi connectivity index (χ1) is 7.95. The van der Waals surface area contributed by atoms with Gasteiger partial charge >= 0.3 is 25.8 Å². The quantitative estimate of drug-likeness (QED) is 0.407. The van der Waals surface area contributed by atoms with E-state index < -0.39 is 0 Å². The minimum atomic E-state index is 0. The molecule has 0 radical (unpaired) electrons. The Labute approximate surface area is 131 Å². The molecule has 0 bridgehead atoms. The largest absolute Gasteiger partial charge is 4.00 e. The molecule has 0 amide bonds. The minimum Gasteiger partial charge on any atom is -1.00 e. The Bertz CT molecular complexity index is 371. The smallest absolute Gasteiger partial charge is 1.00 e. The average Bonchev–Trinajstić information content (AvgIpc) is 2.37. The van der Waals surface area contributed by atoms with E-state index in [-0.39, 0.29) is 35.3 Å². The Kier molecular flexibility index (Phi) is 12.5. The summed E-state index contributed by atoms with van der Waals surface area (Å²) in [6.45, 7) is 1.47. The van der Waals surface area contributed by atoms with Crippen LogP contribution in [0.1, 0.15) is 0 Å². The third-order valence-corrected chi connectivity index (χ3v) is 2.20. The molecule has 2 aromatic rings. The Balaban J connectivity index is 0. The number of nitrogens with zero attached hydrogens (tertiary/aromatic N) is 2. The van der Waals surface area contributed by atoms with Crippen molar-refractivity contribution in [3.8, 4) is 0 Å². The third-order valence-electron chi connectivity index (χ3n) is 2.20. The Morgan fingerprint density at radius 1 is 0.579 bits per heavy atom. The SMILES string of the molecule is [F-].[F-].[Hf+4].c1ccc([N-]CC[N-]c2ccccc2)cc1. The number of benzene rings is 2. The van der Waals surface area contributed by atoms with Gasteiger partial charge in [0, 0.05) is 0 Å². The molecule has 2 rings (SSSR count). The van der Waals surface area contributed by atoms with E-state index in [1.807, 2.05) is 60.7 Å². The fourth-order valence-electron chi connectivity index (χ4n) is 1.43. The van der Waals surface area contributed by atoms with Crippen molar-refractivity contribution < 1.29 is 35.3 Å². The molecule has 0 aliphatic rings. The van der Waals surface area contributed by atoms with Gasteiger partial charge in [-0.1, -0.05) is 60.7 Å². The standard InChI is InChI=1S/C14H14N2.2FH.Hf/c1-3-7-13(8-4-1)15-11-12-16-14-9-5-2-6-10-14;;;/h1-10H,11-12H2;2*1H;/q-2;;;+4/p-2. The van der Waals surface area contributed by atoms with Crippen LogP contribution in [0, 0.1) is 0 Å². The van der Waals surface area contributed by atoms with Crippen LogP contribution in [0.15, 0.2) is 60.7 Å². The summed E-state index contributed by atoms with van der Waals surface area (Å²) in [4.78, 5) is 0. The molecule has 0 aliphatic heterocycles. The van der Waals surface area contributed by atoms with E-state index in [4.69, 9.17) is 0 Å². The monoisotopic (exact) mass is 428 g/mol. The Morgan fingerprint density at radius 2 is 0.895 bits per heavy atom. The predicted octanol–water partition coefficient (Wildman–Crippen LogP) is -1.60. The van der Waals surface area contributed by atoms with Crippen LogP contribution in [-0.2, 0) is 25.8 Å². The van der Waals surface area contributed by atoms with Gasteiger partial charge in [-0.05, 0) is 0 Å². The summed E-state index contributed by atoms with van der Waals surface area (Å²) in [5.41, 5.74) is 2.04. The molecule has 0 aromatic heterocycles. The van der Waals surface area contributed by atoms with Crippen molar-refractivity contribution in [2.75, 3.05) is 13.1 Å². The molecule has 0 saturated carbocycles. The van der Waals surface area contributed by atoms with Crippen molar-refractivity contribution in [2.45, 2.75) is 0 Å². The first-order valence-electron chi connectivity index (χ1n) is 5.40. The van der Waals surface area contributed by atoms with Crippen molar-refractivity contribution in [3.05, 3.63) is 71.3 Å². The van der Waals surface area contributed by atoms with Crippen LogP contribution in [0.5, 0.6) is 0 Å². The van der Waals surface area contributed by atoms with E-state index >= 15 is 0 Å². The molecule has 0 heterocycles. The normalized spacial score (nSPS) is 8.21. The van der Waals surface area contributed by atoms with Crippen LogP contribution >= 0.6 is 0 Å². The molecule has 0 spiro atoms. The maximum Gasteiger partial charge on any atom is 4.00 e. The van der Waals surface area contributed by atoms with E-state index in [0.29, 0.717) is 0 Å². The summed E-state index contributed by atoms with van der Waals surface area (Å²) >= 11 is 0. The molecule has 19 heavy (non-hydrogen) atoms. The van der Waals surface area contributed by atoms with Crippen LogP contribution in [0.2, 0.25) is 0 Å². The topological polar surface area (TPSA) is 28.2 Å². The molecule has 0 aliphatic carbocycles. The molecule has 2 nitrogen and oxygen atoms in total. The second-order valence-electron chi connectivity index (χ2n) is 3.43. The van der Waals surface area contributed by atoms with Gasteiger partial charge in [0.15, 0.2) is 0 Å². The molecule has 0 fully saturated rings. The van der Waals surface area contributed by atoms with Crippen LogP contribution in [-0.4, -0.2) is 13.1 Å². The van der Waals surface area contributed by atoms with Crippen LogP contribution < -0.4 is 9.41 Å². The molecule has 98 valence electrons. The van der Waals surface area contributed by atoms with E-state index in [0.717, 1.165) is 24.5 Å². The summed E-state index contributed by atoms with van der Waals surface area (Å²) in [6.07, 6.45) is 0. The number of rotatable bonds is 5. The molecule has 5 heteroatoms. The summed E-state index contributed by atoms with van der Waals surface area (Å²) < 4.78 is 0. The van der Waals surface area contributed by atoms with Crippen molar-refractivity contribution in [2.24, 2.45) is 0 Å². The molecular formula is C14H14F2HfN2. The average molecular weight is 427 g/mol. The van der Waals surface area contributed by atoms with Crippen molar-refractivity contribution >= 4 is 11.4 Å². The maximum absolute atomic E-state index is 4.43. The van der Waals surface area contributed by atoms with Crippen LogP contribution in [0.3, 0.4) is 0 Å². The van der Waals surface area contributed by atoms with Crippen LogP contribution in [0.4, 0.5) is 11.4 Å². The van der Waals surface area contributed by atoms with Gasteiger partial charge < -0.3 is 20.0 Å². The summed E-state index contributed by atoms with van der Waals surface area (Å²) in [7, 11) is 0. The van der Waals surface area contributed by atoms with E-state index in [9.17, 15) is 0 Å². The van der Waals surface area contributed by atoms with Gasteiger partial charge in [0.25, 0.3) is 0 Å². The van der Waals surface area contributed by atoms with E-state index in [1.165, 1.54) is 0 Å². The Hall–Kier alpha value is -1.23. The number of hydrogen-bond acceptors (Lipinski definition) is 0. The maximum atomic E-state index is 4.43. The number of halogens is 2. The van der Waals surface area contributed by atoms with Gasteiger partial charge in [-0.3, -0.25) is 0 Å². The summed E-state index contributed by atoms with van der Waals surface area (Å²) in [5.74, 6) is 0. The second kappa shape index (κ2) is 11.8. The van der Waals surface area contributed by atoms with Crippen molar-refractivity contribution in [3.63, 3.8) is 0 Å². The van der Waals surface area contributed by atoms with E-state index in [2.05, 4.69) is 10.6 Å². The van der Waals surface area contributed by atoms with Gasteiger partial charge in [-0.25, -0.2) is 0 Å². The number of hydrogen-bond donors (Lipinski definition) is 0. The predicted molar refractivity (Wildman–Crippen MR) is 68.7 cm³/mol. The zero-order chi connectivity index (χ0) is 11.1. The van der Waals surface area contributed by atoms with Crippen molar-refractivity contribution in [1.29, 1.82) is 0 Å². The van der Waals surface area contributed by atoms with Gasteiger partial charge in [0.2, 0.25) is 0 Å². The second-order valence-corrected chi connectivity index (χ2v) is 3.43. The minimum absolute atomic E-state index is 0. The molecule has 2 aromatic carbocycles. The molecule has 0 saturated heterocycles. The van der Waals surface area contributed by atoms with Gasteiger partial charge in [-0.2, -0.15) is 0 Å². The molecular weight excluding hydrogens is 413 g/mol. The van der Waals surface area contributed by atoms with Crippen LogP contribution in [0.25, 0.3) is 10.6 Å². The zero-order valence-corrected chi connectivity index (χ0v) is 13.9. The zero-order valence-electron chi connectivity index (χ0n) is 10.3. The fourth-order valence-corrected chi connectivity index (χ4v) is 1.43. The first-order valence-corrected chi connectivity index (χ1v) is 5.40. The van der Waals surface area contributed by atoms with Gasteiger partial charge in [-0.15, -0.1) is 24.5 Å². The molecule has 0 N–H and O–H groups in total.